The highest BCUT2D eigenvalue weighted by Crippen LogP contribution is 2.16. The van der Waals surface area contributed by atoms with Crippen molar-refractivity contribution in [1.82, 2.24) is 0 Å². The molecule has 1 nitrogen and oxygen atoms in total. The molecule has 0 aliphatic rings. The summed E-state index contributed by atoms with van der Waals surface area (Å²) in [6.45, 7) is 8.45. The van der Waals surface area contributed by atoms with Crippen molar-refractivity contribution in [2.24, 2.45) is 0 Å². The first-order valence-corrected chi connectivity index (χ1v) is 9.77. The van der Waals surface area contributed by atoms with Gasteiger partial charge in [-0.1, -0.05) is 82.6 Å². The quantitative estimate of drug-likeness (QED) is 0.300. The molecule has 0 amide bonds. The van der Waals surface area contributed by atoms with E-state index >= 15 is 0 Å². The van der Waals surface area contributed by atoms with Crippen LogP contribution in [0.25, 0.3) is 0 Å². The van der Waals surface area contributed by atoms with Gasteiger partial charge in [-0.05, 0) is 13.8 Å². The van der Waals surface area contributed by atoms with Gasteiger partial charge in [0, 0.05) is 0 Å². The van der Waals surface area contributed by atoms with Gasteiger partial charge in [-0.2, -0.15) is 0 Å². The van der Waals surface area contributed by atoms with Crippen molar-refractivity contribution < 1.29 is 4.57 Å². The molecule has 0 rings (SSSR count). The molecular formula is C16H36OP+. The van der Waals surface area contributed by atoms with Gasteiger partial charge in [0.2, 0.25) is 0 Å². The Balaban J connectivity index is 0. The molecule has 0 aromatic carbocycles. The van der Waals surface area contributed by atoms with Crippen molar-refractivity contribution in [2.75, 3.05) is 12.3 Å². The van der Waals surface area contributed by atoms with Crippen LogP contribution in [-0.4, -0.2) is 12.3 Å². The second-order valence-corrected chi connectivity index (χ2v) is 7.17. The molecule has 0 saturated heterocycles. The maximum Gasteiger partial charge on any atom is 0.338 e. The van der Waals surface area contributed by atoms with Gasteiger partial charge in [0.1, 0.15) is 12.3 Å². The van der Waals surface area contributed by atoms with Crippen molar-refractivity contribution >= 4 is 7.80 Å². The van der Waals surface area contributed by atoms with E-state index in [1.54, 1.807) is 0 Å². The molecule has 0 N–H and O–H groups in total. The van der Waals surface area contributed by atoms with Crippen LogP contribution in [0.3, 0.4) is 0 Å². The minimum Gasteiger partial charge on any atom is -0.0749 e. The fourth-order valence-electron chi connectivity index (χ4n) is 1.78. The van der Waals surface area contributed by atoms with Crippen molar-refractivity contribution in [1.29, 1.82) is 0 Å². The Morgan fingerprint density at radius 1 is 0.556 bits per heavy atom. The fourth-order valence-corrected chi connectivity index (χ4v) is 2.23. The van der Waals surface area contributed by atoms with E-state index < -0.39 is 7.80 Å². The summed E-state index contributed by atoms with van der Waals surface area (Å²) in [6.07, 6.45) is 16.1. The minimum atomic E-state index is -0.826. The Kier molecular flexibility index (Phi) is 22.1. The molecule has 0 unspecified atom stereocenters. The molecule has 0 aromatic heterocycles. The van der Waals surface area contributed by atoms with Gasteiger partial charge in [0.15, 0.2) is 0 Å². The lowest BCUT2D eigenvalue weighted by Gasteiger charge is -1.99. The van der Waals surface area contributed by atoms with E-state index in [1.165, 1.54) is 64.2 Å². The SMILES string of the molecule is CCCCCCCCCCCC.CC[P+](=O)CC. The van der Waals surface area contributed by atoms with E-state index in [0.717, 1.165) is 12.3 Å². The third-order valence-electron chi connectivity index (χ3n) is 3.16. The van der Waals surface area contributed by atoms with Crippen LogP contribution < -0.4 is 0 Å². The van der Waals surface area contributed by atoms with E-state index in [-0.39, 0.29) is 0 Å². The van der Waals surface area contributed by atoms with Gasteiger partial charge in [0.25, 0.3) is 0 Å². The van der Waals surface area contributed by atoms with E-state index in [1.807, 2.05) is 13.8 Å². The summed E-state index contributed by atoms with van der Waals surface area (Å²) in [7, 11) is -0.826. The zero-order chi connectivity index (χ0) is 14.1. The Morgan fingerprint density at radius 2 is 0.833 bits per heavy atom. The molecule has 18 heavy (non-hydrogen) atoms. The number of hydrogen-bond acceptors (Lipinski definition) is 1. The largest absolute Gasteiger partial charge is 0.338 e. The van der Waals surface area contributed by atoms with Crippen molar-refractivity contribution in [3.8, 4) is 0 Å². The zero-order valence-corrected chi connectivity index (χ0v) is 14.2. The van der Waals surface area contributed by atoms with Gasteiger partial charge >= 0.3 is 7.80 Å². The van der Waals surface area contributed by atoms with E-state index in [2.05, 4.69) is 13.8 Å². The highest BCUT2D eigenvalue weighted by atomic mass is 31.1. The topological polar surface area (TPSA) is 17.1 Å². The highest BCUT2D eigenvalue weighted by molar-refractivity contribution is 7.44. The average molecular weight is 275 g/mol. The summed E-state index contributed by atoms with van der Waals surface area (Å²) in [4.78, 5) is 0. The predicted octanol–water partition coefficient (Wildman–Crippen LogP) is 6.78. The lowest BCUT2D eigenvalue weighted by atomic mass is 10.1. The van der Waals surface area contributed by atoms with Crippen LogP contribution in [0.15, 0.2) is 0 Å². The Morgan fingerprint density at radius 3 is 1.00 bits per heavy atom. The summed E-state index contributed by atoms with van der Waals surface area (Å²) in [5.41, 5.74) is 0. The van der Waals surface area contributed by atoms with Gasteiger partial charge in [-0.25, -0.2) is 0 Å². The lowest BCUT2D eigenvalue weighted by Crippen LogP contribution is -1.80. The molecule has 0 fully saturated rings. The molecule has 0 spiro atoms. The van der Waals surface area contributed by atoms with Crippen molar-refractivity contribution in [2.45, 2.75) is 91.9 Å². The van der Waals surface area contributed by atoms with Crippen LogP contribution >= 0.6 is 7.80 Å². The molecule has 2 heteroatoms. The van der Waals surface area contributed by atoms with Gasteiger partial charge in [-0.3, -0.25) is 0 Å². The number of hydrogen-bond donors (Lipinski definition) is 0. The molecule has 0 heterocycles. The smallest absolute Gasteiger partial charge is 0.0749 e. The van der Waals surface area contributed by atoms with Crippen molar-refractivity contribution in [3.63, 3.8) is 0 Å². The van der Waals surface area contributed by atoms with Crippen LogP contribution in [0.4, 0.5) is 0 Å². The summed E-state index contributed by atoms with van der Waals surface area (Å²) >= 11 is 0. The Hall–Kier alpha value is 0.100. The van der Waals surface area contributed by atoms with Crippen LogP contribution in [0.2, 0.25) is 0 Å². The fraction of sp³-hybridized carbons (Fsp3) is 1.00. The standard InChI is InChI=1S/C12H26.C4H10OP/c1-3-5-7-9-11-12-10-8-6-4-2;1-3-6(5)4-2/h3-12H2,1-2H3;3-4H2,1-2H3/q;+1. The Bertz CT molecular complexity index is 141. The third-order valence-corrected chi connectivity index (χ3v) is 4.57. The summed E-state index contributed by atoms with van der Waals surface area (Å²) < 4.78 is 10.3. The van der Waals surface area contributed by atoms with E-state index in [4.69, 9.17) is 0 Å². The first-order chi connectivity index (χ1) is 8.72. The molecule has 0 aliphatic carbocycles. The molecule has 0 radical (unpaired) electrons. The van der Waals surface area contributed by atoms with Crippen LogP contribution in [0, 0.1) is 0 Å². The maximum atomic E-state index is 10.3. The monoisotopic (exact) mass is 275 g/mol. The first kappa shape index (κ1) is 20.4. The third kappa shape index (κ3) is 21.4. The minimum absolute atomic E-state index is 0.826. The molecule has 0 atom stereocenters. The predicted molar refractivity (Wildman–Crippen MR) is 86.2 cm³/mol. The summed E-state index contributed by atoms with van der Waals surface area (Å²) in [6, 6.07) is 0. The second kappa shape index (κ2) is 19.4. The van der Waals surface area contributed by atoms with Crippen LogP contribution in [0.5, 0.6) is 0 Å². The zero-order valence-electron chi connectivity index (χ0n) is 13.3. The van der Waals surface area contributed by atoms with E-state index in [0.29, 0.717) is 0 Å². The average Bonchev–Trinajstić information content (AvgIpc) is 2.41. The van der Waals surface area contributed by atoms with Crippen LogP contribution in [0.1, 0.15) is 91.9 Å². The van der Waals surface area contributed by atoms with Gasteiger partial charge in [0.05, 0.1) is 0 Å². The van der Waals surface area contributed by atoms with Gasteiger partial charge < -0.3 is 0 Å². The number of rotatable bonds is 11. The molecule has 0 bridgehead atoms. The van der Waals surface area contributed by atoms with E-state index in [9.17, 15) is 4.57 Å². The molecule has 0 saturated carbocycles. The lowest BCUT2D eigenvalue weighted by molar-refractivity contribution is 0.562. The molecule has 110 valence electrons. The van der Waals surface area contributed by atoms with Crippen LogP contribution in [-0.2, 0) is 4.57 Å². The molecule has 0 aliphatic heterocycles. The van der Waals surface area contributed by atoms with Gasteiger partial charge in [-0.15, -0.1) is 0 Å². The summed E-state index contributed by atoms with van der Waals surface area (Å²) in [5, 5.41) is 0. The molecule has 0 aromatic rings. The Labute approximate surface area is 117 Å². The molecular weight excluding hydrogens is 239 g/mol. The normalized spacial score (nSPS) is 9.78. The second-order valence-electron chi connectivity index (χ2n) is 4.94. The number of unbranched alkanes of at least 4 members (excludes halogenated alkanes) is 9. The highest BCUT2D eigenvalue weighted by Gasteiger charge is 2.02. The summed E-state index contributed by atoms with van der Waals surface area (Å²) in [5.74, 6) is 0. The maximum absolute atomic E-state index is 10.3. The first-order valence-electron chi connectivity index (χ1n) is 8.14. The van der Waals surface area contributed by atoms with Crippen molar-refractivity contribution in [3.05, 3.63) is 0 Å².